The second-order valence-corrected chi connectivity index (χ2v) is 13.1. The number of carbonyl (C=O) groups excluding carboxylic acids is 2. The summed E-state index contributed by atoms with van der Waals surface area (Å²) in [5, 5.41) is 41.0. The van der Waals surface area contributed by atoms with Crippen molar-refractivity contribution < 1.29 is 39.5 Å². The van der Waals surface area contributed by atoms with Crippen molar-refractivity contribution in [2.45, 2.75) is 167 Å². The first kappa shape index (κ1) is 39.5. The first-order valence-electron chi connectivity index (χ1n) is 17.4. The van der Waals surface area contributed by atoms with Gasteiger partial charge in [-0.25, -0.2) is 0 Å². The average molecular weight is 613 g/mol. The molecule has 252 valence electrons. The molecule has 1 saturated carbocycles. The van der Waals surface area contributed by atoms with Crippen LogP contribution < -0.4 is 0 Å². The van der Waals surface area contributed by atoms with E-state index in [1.165, 1.54) is 25.7 Å². The Morgan fingerprint density at radius 3 is 1.86 bits per heavy atom. The Labute approximate surface area is 261 Å². The summed E-state index contributed by atoms with van der Waals surface area (Å²) in [6.07, 6.45) is 17.8. The SMILES string of the molecule is CCCCC[C@H](O)/C=C/[C@@H]1[C@@H](CCCCCCC(=O)OC[C@H](O)COC(=O)CCCCCCCCC(C)C)[C@@H](O)C[C@H]1O. The molecule has 1 fully saturated rings. The van der Waals surface area contributed by atoms with E-state index in [9.17, 15) is 30.0 Å². The maximum Gasteiger partial charge on any atom is 0.305 e. The molecular weight excluding hydrogens is 548 g/mol. The van der Waals surface area contributed by atoms with Crippen LogP contribution in [0.4, 0.5) is 0 Å². The molecule has 1 rings (SSSR count). The van der Waals surface area contributed by atoms with Crippen molar-refractivity contribution in [1.29, 1.82) is 0 Å². The van der Waals surface area contributed by atoms with Crippen molar-refractivity contribution in [3.05, 3.63) is 12.2 Å². The summed E-state index contributed by atoms with van der Waals surface area (Å²) in [5.74, 6) is -0.123. The smallest absolute Gasteiger partial charge is 0.305 e. The lowest BCUT2D eigenvalue weighted by Gasteiger charge is -2.21. The zero-order valence-corrected chi connectivity index (χ0v) is 27.5. The number of esters is 2. The first-order chi connectivity index (χ1) is 20.6. The fourth-order valence-electron chi connectivity index (χ4n) is 5.84. The summed E-state index contributed by atoms with van der Waals surface area (Å²) in [6.45, 7) is 6.26. The highest BCUT2D eigenvalue weighted by Gasteiger charge is 2.39. The van der Waals surface area contributed by atoms with Gasteiger partial charge in [0.25, 0.3) is 0 Å². The maximum atomic E-state index is 12.0. The lowest BCUT2D eigenvalue weighted by atomic mass is 9.88. The van der Waals surface area contributed by atoms with E-state index < -0.39 is 24.4 Å². The van der Waals surface area contributed by atoms with Crippen LogP contribution in [0.5, 0.6) is 0 Å². The molecule has 4 N–H and O–H groups in total. The summed E-state index contributed by atoms with van der Waals surface area (Å²) in [5.41, 5.74) is 0. The number of unbranched alkanes of at least 4 members (excludes halogenated alkanes) is 10. The molecule has 0 aromatic heterocycles. The monoisotopic (exact) mass is 612 g/mol. The van der Waals surface area contributed by atoms with Gasteiger partial charge in [-0.05, 0) is 37.5 Å². The third-order valence-electron chi connectivity index (χ3n) is 8.53. The van der Waals surface area contributed by atoms with E-state index >= 15 is 0 Å². The maximum absolute atomic E-state index is 12.0. The van der Waals surface area contributed by atoms with Crippen LogP contribution in [0.2, 0.25) is 0 Å². The molecule has 1 aliphatic carbocycles. The summed E-state index contributed by atoms with van der Waals surface area (Å²) in [6, 6.07) is 0. The van der Waals surface area contributed by atoms with Gasteiger partial charge in [0.2, 0.25) is 0 Å². The Balaban J connectivity index is 2.09. The summed E-state index contributed by atoms with van der Waals surface area (Å²) in [4.78, 5) is 23.9. The van der Waals surface area contributed by atoms with E-state index in [-0.39, 0.29) is 43.4 Å². The average Bonchev–Trinajstić information content (AvgIpc) is 3.23. The van der Waals surface area contributed by atoms with Crippen molar-refractivity contribution in [3.8, 4) is 0 Å². The molecule has 0 radical (unpaired) electrons. The van der Waals surface area contributed by atoms with Gasteiger partial charge in [-0.1, -0.05) is 110 Å². The number of hydrogen-bond donors (Lipinski definition) is 4. The Hall–Kier alpha value is -1.48. The van der Waals surface area contributed by atoms with Crippen molar-refractivity contribution in [2.24, 2.45) is 17.8 Å². The van der Waals surface area contributed by atoms with Crippen LogP contribution in [0.1, 0.15) is 143 Å². The molecule has 8 heteroatoms. The van der Waals surface area contributed by atoms with Gasteiger partial charge in [0.05, 0.1) is 18.3 Å². The molecule has 0 amide bonds. The van der Waals surface area contributed by atoms with Gasteiger partial charge in [-0.3, -0.25) is 9.59 Å². The highest BCUT2D eigenvalue weighted by Crippen LogP contribution is 2.37. The number of rotatable bonds is 26. The molecular formula is C35H64O8. The van der Waals surface area contributed by atoms with E-state index in [2.05, 4.69) is 20.8 Å². The van der Waals surface area contributed by atoms with Gasteiger partial charge in [0, 0.05) is 25.2 Å². The molecule has 0 saturated heterocycles. The zero-order chi connectivity index (χ0) is 31.9. The summed E-state index contributed by atoms with van der Waals surface area (Å²) >= 11 is 0. The third-order valence-corrected chi connectivity index (χ3v) is 8.53. The van der Waals surface area contributed by atoms with E-state index in [0.717, 1.165) is 70.1 Å². The second-order valence-electron chi connectivity index (χ2n) is 13.1. The second kappa shape index (κ2) is 24.8. The minimum atomic E-state index is -1.03. The lowest BCUT2D eigenvalue weighted by Crippen LogP contribution is -2.25. The molecule has 0 aliphatic heterocycles. The Bertz CT molecular complexity index is 739. The standard InChI is InChI=1S/C35H64O8/c1-4-5-12-18-28(36)22-23-31-30(32(38)24-33(31)39)19-14-10-11-16-21-35(41)43-26-29(37)25-42-34(40)20-15-9-7-6-8-13-17-27(2)3/h22-23,27-33,36-39H,4-21,24-26H2,1-3H3/b23-22+/t28-,29+,30+,31+,32-,33+/m0/s1. The van der Waals surface area contributed by atoms with Crippen molar-refractivity contribution >= 4 is 11.9 Å². The number of carbonyl (C=O) groups is 2. The third kappa shape index (κ3) is 20.2. The fraction of sp³-hybridized carbons (Fsp3) is 0.886. The lowest BCUT2D eigenvalue weighted by molar-refractivity contribution is -0.152. The number of aliphatic hydroxyl groups excluding tert-OH is 4. The molecule has 0 bridgehead atoms. The Kier molecular flexibility index (Phi) is 22.8. The van der Waals surface area contributed by atoms with E-state index in [4.69, 9.17) is 9.47 Å². The number of hydrogen-bond acceptors (Lipinski definition) is 8. The quantitative estimate of drug-likeness (QED) is 0.0501. The predicted octanol–water partition coefficient (Wildman–Crippen LogP) is 6.41. The van der Waals surface area contributed by atoms with Gasteiger partial charge in [-0.2, -0.15) is 0 Å². The van der Waals surface area contributed by atoms with E-state index in [0.29, 0.717) is 25.7 Å². The van der Waals surface area contributed by atoms with Gasteiger partial charge < -0.3 is 29.9 Å². The molecule has 0 unspecified atom stereocenters. The van der Waals surface area contributed by atoms with Gasteiger partial charge in [0.15, 0.2) is 0 Å². The van der Waals surface area contributed by atoms with Crippen LogP contribution >= 0.6 is 0 Å². The zero-order valence-electron chi connectivity index (χ0n) is 27.5. The molecule has 6 atom stereocenters. The molecule has 0 aromatic rings. The molecule has 0 spiro atoms. The van der Waals surface area contributed by atoms with Gasteiger partial charge in [0.1, 0.15) is 19.3 Å². The van der Waals surface area contributed by atoms with E-state index in [1.807, 2.05) is 6.08 Å². The minimum absolute atomic E-state index is 0.0287. The van der Waals surface area contributed by atoms with Crippen LogP contribution in [0.15, 0.2) is 12.2 Å². The number of ether oxygens (including phenoxy) is 2. The minimum Gasteiger partial charge on any atom is -0.463 e. The van der Waals surface area contributed by atoms with Crippen molar-refractivity contribution in [3.63, 3.8) is 0 Å². The normalized spacial score (nSPS) is 21.9. The van der Waals surface area contributed by atoms with Crippen molar-refractivity contribution in [2.75, 3.05) is 13.2 Å². The molecule has 43 heavy (non-hydrogen) atoms. The number of aliphatic hydroxyl groups is 4. The molecule has 8 nitrogen and oxygen atoms in total. The van der Waals surface area contributed by atoms with Crippen LogP contribution in [0.25, 0.3) is 0 Å². The van der Waals surface area contributed by atoms with Crippen molar-refractivity contribution in [1.82, 2.24) is 0 Å². The fourth-order valence-corrected chi connectivity index (χ4v) is 5.84. The van der Waals surface area contributed by atoms with Crippen LogP contribution in [-0.2, 0) is 19.1 Å². The van der Waals surface area contributed by atoms with E-state index in [1.54, 1.807) is 6.08 Å². The Morgan fingerprint density at radius 1 is 0.744 bits per heavy atom. The highest BCUT2D eigenvalue weighted by molar-refractivity contribution is 5.69. The topological polar surface area (TPSA) is 134 Å². The summed E-state index contributed by atoms with van der Waals surface area (Å²) < 4.78 is 10.2. The Morgan fingerprint density at radius 2 is 1.28 bits per heavy atom. The van der Waals surface area contributed by atoms with Crippen LogP contribution in [0.3, 0.4) is 0 Å². The molecule has 1 aliphatic rings. The van der Waals surface area contributed by atoms with Crippen LogP contribution in [0, 0.1) is 17.8 Å². The predicted molar refractivity (Wildman–Crippen MR) is 170 cm³/mol. The first-order valence-corrected chi connectivity index (χ1v) is 17.4. The molecule has 0 heterocycles. The summed E-state index contributed by atoms with van der Waals surface area (Å²) in [7, 11) is 0. The van der Waals surface area contributed by atoms with Crippen LogP contribution in [-0.4, -0.2) is 70.0 Å². The molecule has 0 aromatic carbocycles. The van der Waals surface area contributed by atoms with Gasteiger partial charge >= 0.3 is 11.9 Å². The van der Waals surface area contributed by atoms with Gasteiger partial charge in [-0.15, -0.1) is 0 Å². The largest absolute Gasteiger partial charge is 0.463 e. The highest BCUT2D eigenvalue weighted by atomic mass is 16.6.